The number of hydrogen-bond donors (Lipinski definition) is 0. The summed E-state index contributed by atoms with van der Waals surface area (Å²) >= 11 is 3.15. The quantitative estimate of drug-likeness (QED) is 0.472. The van der Waals surface area contributed by atoms with Crippen LogP contribution < -0.4 is 4.74 Å². The van der Waals surface area contributed by atoms with Crippen LogP contribution in [0.3, 0.4) is 0 Å². The van der Waals surface area contributed by atoms with Crippen LogP contribution in [0, 0.1) is 5.92 Å². The van der Waals surface area contributed by atoms with Crippen LogP contribution in [-0.4, -0.2) is 19.8 Å². The summed E-state index contributed by atoms with van der Waals surface area (Å²) in [4.78, 5) is 0. The molecule has 0 amide bonds. The number of ether oxygens (including phenoxy) is 2. The molecule has 0 aliphatic carbocycles. The molecule has 1 aromatic carbocycles. The fourth-order valence-corrected chi connectivity index (χ4v) is 1.99. The van der Waals surface area contributed by atoms with E-state index in [1.807, 2.05) is 0 Å². The topological polar surface area (TPSA) is 18.5 Å². The second kappa shape index (κ2) is 8.63. The van der Waals surface area contributed by atoms with Gasteiger partial charge in [0.1, 0.15) is 12.4 Å². The lowest BCUT2D eigenvalue weighted by atomic mass is 10.1. The molecule has 21 heavy (non-hydrogen) atoms. The van der Waals surface area contributed by atoms with Crippen LogP contribution in [0.5, 0.6) is 5.75 Å². The summed E-state index contributed by atoms with van der Waals surface area (Å²) < 4.78 is 49.4. The third-order valence-corrected chi connectivity index (χ3v) is 3.48. The lowest BCUT2D eigenvalue weighted by Gasteiger charge is -2.15. The Morgan fingerprint density at radius 2 is 1.86 bits per heavy atom. The summed E-state index contributed by atoms with van der Waals surface area (Å²) in [5.41, 5.74) is -0.190. The van der Waals surface area contributed by atoms with Crippen molar-refractivity contribution >= 4 is 15.9 Å². The fourth-order valence-electron chi connectivity index (χ4n) is 1.64. The van der Waals surface area contributed by atoms with Crippen molar-refractivity contribution in [1.82, 2.24) is 0 Å². The van der Waals surface area contributed by atoms with E-state index in [2.05, 4.69) is 29.8 Å². The molecule has 1 aromatic rings. The van der Waals surface area contributed by atoms with Crippen LogP contribution in [0.2, 0.25) is 0 Å². The van der Waals surface area contributed by atoms with Gasteiger partial charge in [-0.05, 0) is 30.0 Å². The van der Waals surface area contributed by atoms with Gasteiger partial charge in [0.15, 0.2) is 0 Å². The highest BCUT2D eigenvalue weighted by Crippen LogP contribution is 2.37. The summed E-state index contributed by atoms with van der Waals surface area (Å²) in [6.45, 7) is 5.15. The first-order valence-electron chi connectivity index (χ1n) is 6.81. The predicted molar refractivity (Wildman–Crippen MR) is 79.8 cm³/mol. The van der Waals surface area contributed by atoms with Gasteiger partial charge in [-0.1, -0.05) is 35.8 Å². The van der Waals surface area contributed by atoms with E-state index in [-0.39, 0.29) is 19.0 Å². The van der Waals surface area contributed by atoms with E-state index >= 15 is 0 Å². The molecule has 0 heterocycles. The molecule has 2 nitrogen and oxygen atoms in total. The maximum absolute atomic E-state index is 13.0. The van der Waals surface area contributed by atoms with Crippen molar-refractivity contribution in [2.75, 3.05) is 19.8 Å². The van der Waals surface area contributed by atoms with E-state index in [1.165, 1.54) is 6.07 Å². The molecule has 0 unspecified atom stereocenters. The van der Waals surface area contributed by atoms with E-state index in [9.17, 15) is 13.2 Å². The van der Waals surface area contributed by atoms with Crippen molar-refractivity contribution in [1.29, 1.82) is 0 Å². The molecule has 0 fully saturated rings. The number of hydrogen-bond acceptors (Lipinski definition) is 2. The number of alkyl halides is 4. The average molecular weight is 369 g/mol. The van der Waals surface area contributed by atoms with Gasteiger partial charge in [-0.15, -0.1) is 0 Å². The van der Waals surface area contributed by atoms with Gasteiger partial charge in [-0.3, -0.25) is 0 Å². The van der Waals surface area contributed by atoms with Crippen molar-refractivity contribution in [2.45, 2.75) is 31.8 Å². The van der Waals surface area contributed by atoms with E-state index in [0.29, 0.717) is 23.4 Å². The molecule has 0 bridgehead atoms. The van der Waals surface area contributed by atoms with Crippen LogP contribution in [-0.2, 0) is 16.2 Å². The van der Waals surface area contributed by atoms with Crippen molar-refractivity contribution in [3.63, 3.8) is 0 Å². The van der Waals surface area contributed by atoms with Gasteiger partial charge in [0.25, 0.3) is 0 Å². The van der Waals surface area contributed by atoms with Gasteiger partial charge >= 0.3 is 6.18 Å². The number of rotatable bonds is 8. The zero-order valence-corrected chi connectivity index (χ0v) is 13.8. The Hall–Kier alpha value is -0.750. The largest absolute Gasteiger partial charge is 0.491 e. The summed E-state index contributed by atoms with van der Waals surface area (Å²) in [5.74, 6) is 0.388. The maximum Gasteiger partial charge on any atom is 0.419 e. The molecule has 0 aliphatic rings. The molecule has 6 heteroatoms. The van der Waals surface area contributed by atoms with Crippen LogP contribution >= 0.6 is 15.9 Å². The predicted octanol–water partition coefficient (Wildman–Crippen LogP) is 5.04. The first kappa shape index (κ1) is 18.3. The van der Waals surface area contributed by atoms with Gasteiger partial charge in [-0.2, -0.15) is 13.2 Å². The summed E-state index contributed by atoms with van der Waals surface area (Å²) in [6.07, 6.45) is -3.50. The van der Waals surface area contributed by atoms with Gasteiger partial charge in [0.2, 0.25) is 0 Å². The molecule has 1 rings (SSSR count). The van der Waals surface area contributed by atoms with Crippen LogP contribution in [0.25, 0.3) is 0 Å². The Bertz CT molecular complexity index is 433. The number of halogens is 4. The van der Waals surface area contributed by atoms with E-state index in [4.69, 9.17) is 9.47 Å². The maximum atomic E-state index is 13.0. The highest BCUT2D eigenvalue weighted by Gasteiger charge is 2.34. The SMILES string of the molecule is CC(C)CCOCCOc1ccc(CBr)cc1C(F)(F)F. The minimum Gasteiger partial charge on any atom is -0.491 e. The minimum atomic E-state index is -4.42. The molecule has 0 N–H and O–H groups in total. The zero-order chi connectivity index (χ0) is 15.9. The van der Waals surface area contributed by atoms with Crippen LogP contribution in [0.1, 0.15) is 31.4 Å². The monoisotopic (exact) mass is 368 g/mol. The van der Waals surface area contributed by atoms with Gasteiger partial charge in [0, 0.05) is 11.9 Å². The third kappa shape index (κ3) is 6.70. The van der Waals surface area contributed by atoms with E-state index in [0.717, 1.165) is 12.5 Å². The summed E-state index contributed by atoms with van der Waals surface area (Å²) in [6, 6.07) is 4.07. The fraction of sp³-hybridized carbons (Fsp3) is 0.600. The van der Waals surface area contributed by atoms with E-state index < -0.39 is 11.7 Å². The Morgan fingerprint density at radius 1 is 1.14 bits per heavy atom. The third-order valence-electron chi connectivity index (χ3n) is 2.83. The van der Waals surface area contributed by atoms with Crippen molar-refractivity contribution < 1.29 is 22.6 Å². The normalized spacial score (nSPS) is 12.0. The highest BCUT2D eigenvalue weighted by molar-refractivity contribution is 9.08. The van der Waals surface area contributed by atoms with Gasteiger partial charge < -0.3 is 9.47 Å². The molecule has 0 atom stereocenters. The molecular weight excluding hydrogens is 349 g/mol. The van der Waals surface area contributed by atoms with Crippen molar-refractivity contribution in [2.24, 2.45) is 5.92 Å². The standard InChI is InChI=1S/C15H20BrF3O2/c1-11(2)5-6-20-7-8-21-14-4-3-12(10-16)9-13(14)15(17,18)19/h3-4,9,11H,5-8,10H2,1-2H3. The number of benzene rings is 1. The first-order chi connectivity index (χ1) is 9.84. The second-order valence-electron chi connectivity index (χ2n) is 5.11. The first-order valence-corrected chi connectivity index (χ1v) is 7.93. The minimum absolute atomic E-state index is 0.106. The molecule has 120 valence electrons. The Kier molecular flexibility index (Phi) is 7.52. The van der Waals surface area contributed by atoms with E-state index in [1.54, 1.807) is 6.07 Å². The molecular formula is C15H20BrF3O2. The average Bonchev–Trinajstić information content (AvgIpc) is 2.41. The van der Waals surface area contributed by atoms with Crippen molar-refractivity contribution in [3.8, 4) is 5.75 Å². The van der Waals surface area contributed by atoms with Gasteiger partial charge in [0.05, 0.1) is 12.2 Å². The Labute approximate surface area is 131 Å². The second-order valence-corrected chi connectivity index (χ2v) is 5.67. The lowest BCUT2D eigenvalue weighted by molar-refractivity contribution is -0.139. The van der Waals surface area contributed by atoms with Crippen LogP contribution in [0.15, 0.2) is 18.2 Å². The zero-order valence-electron chi connectivity index (χ0n) is 12.2. The highest BCUT2D eigenvalue weighted by atomic mass is 79.9. The molecule has 0 spiro atoms. The molecule has 0 saturated carbocycles. The smallest absolute Gasteiger partial charge is 0.419 e. The Balaban J connectivity index is 2.54. The van der Waals surface area contributed by atoms with Crippen LogP contribution in [0.4, 0.5) is 13.2 Å². The summed E-state index contributed by atoms with van der Waals surface area (Å²) in [5, 5.41) is 0.370. The summed E-state index contributed by atoms with van der Waals surface area (Å²) in [7, 11) is 0. The molecule has 0 aromatic heterocycles. The van der Waals surface area contributed by atoms with Gasteiger partial charge in [-0.25, -0.2) is 0 Å². The lowest BCUT2D eigenvalue weighted by Crippen LogP contribution is -2.13. The molecule has 0 aliphatic heterocycles. The Morgan fingerprint density at radius 3 is 2.43 bits per heavy atom. The van der Waals surface area contributed by atoms with Crippen molar-refractivity contribution in [3.05, 3.63) is 29.3 Å². The molecule has 0 radical (unpaired) electrons. The molecule has 0 saturated heterocycles.